The van der Waals surface area contributed by atoms with Crippen LogP contribution < -0.4 is 10.9 Å². The first-order valence-electron chi connectivity index (χ1n) is 8.69. The molecule has 1 aromatic heterocycles. The van der Waals surface area contributed by atoms with Crippen molar-refractivity contribution in [3.05, 3.63) is 21.6 Å². The molecule has 23 heavy (non-hydrogen) atoms. The summed E-state index contributed by atoms with van der Waals surface area (Å²) in [6, 6.07) is 0. The summed E-state index contributed by atoms with van der Waals surface area (Å²) < 4.78 is 1.58. The van der Waals surface area contributed by atoms with Crippen LogP contribution in [0.3, 0.4) is 0 Å². The highest BCUT2D eigenvalue weighted by Crippen LogP contribution is 2.26. The Labute approximate surface area is 139 Å². The van der Waals surface area contributed by atoms with Crippen LogP contribution in [0.5, 0.6) is 0 Å². The highest BCUT2D eigenvalue weighted by molar-refractivity contribution is 5.90. The van der Waals surface area contributed by atoms with Crippen molar-refractivity contribution in [2.75, 3.05) is 5.32 Å². The molecule has 1 rings (SSSR count). The minimum absolute atomic E-state index is 0.0220. The molecule has 1 N–H and O–H groups in total. The molecule has 0 bridgehead atoms. The quantitative estimate of drug-likeness (QED) is 0.828. The van der Waals surface area contributed by atoms with Crippen LogP contribution >= 0.6 is 0 Å². The van der Waals surface area contributed by atoms with E-state index in [2.05, 4.69) is 24.1 Å². The van der Waals surface area contributed by atoms with E-state index in [-0.39, 0.29) is 29.2 Å². The van der Waals surface area contributed by atoms with Gasteiger partial charge in [0.25, 0.3) is 5.56 Å². The van der Waals surface area contributed by atoms with E-state index in [1.54, 1.807) is 4.57 Å². The fourth-order valence-corrected chi connectivity index (χ4v) is 2.71. The summed E-state index contributed by atoms with van der Waals surface area (Å²) in [5.74, 6) is 0.400. The fourth-order valence-electron chi connectivity index (χ4n) is 2.71. The first-order valence-corrected chi connectivity index (χ1v) is 8.69. The van der Waals surface area contributed by atoms with Gasteiger partial charge in [0.15, 0.2) is 0 Å². The van der Waals surface area contributed by atoms with Crippen molar-refractivity contribution in [3.63, 3.8) is 0 Å². The van der Waals surface area contributed by atoms with Crippen molar-refractivity contribution in [1.82, 2.24) is 9.55 Å². The average Bonchev–Trinajstić information content (AvgIpc) is 2.46. The first-order chi connectivity index (χ1) is 10.7. The third-order valence-electron chi connectivity index (χ3n) is 4.07. The lowest BCUT2D eigenvalue weighted by molar-refractivity contribution is -0.119. The molecule has 1 amide bonds. The summed E-state index contributed by atoms with van der Waals surface area (Å²) in [7, 11) is 0. The topological polar surface area (TPSA) is 64.0 Å². The van der Waals surface area contributed by atoms with Crippen LogP contribution in [0.25, 0.3) is 0 Å². The van der Waals surface area contributed by atoms with E-state index in [1.165, 1.54) is 0 Å². The third kappa shape index (κ3) is 4.43. The molecule has 0 aliphatic heterocycles. The Morgan fingerprint density at radius 1 is 1.17 bits per heavy atom. The van der Waals surface area contributed by atoms with Crippen LogP contribution in [-0.2, 0) is 11.3 Å². The lowest BCUT2D eigenvalue weighted by Crippen LogP contribution is -2.33. The first kappa shape index (κ1) is 19.4. The summed E-state index contributed by atoms with van der Waals surface area (Å²) in [5, 5.41) is 2.81. The number of carbonyl (C=O) groups excluding carboxylic acids is 1. The molecule has 1 atom stereocenters. The summed E-state index contributed by atoms with van der Waals surface area (Å²) in [4.78, 5) is 29.7. The Bertz CT molecular complexity index is 603. The van der Waals surface area contributed by atoms with Gasteiger partial charge in [-0.3, -0.25) is 19.5 Å². The zero-order valence-electron chi connectivity index (χ0n) is 15.6. The summed E-state index contributed by atoms with van der Waals surface area (Å²) >= 11 is 0. The van der Waals surface area contributed by atoms with Crippen molar-refractivity contribution in [1.29, 1.82) is 0 Å². The zero-order chi connectivity index (χ0) is 17.7. The van der Waals surface area contributed by atoms with Gasteiger partial charge in [0.05, 0.1) is 5.69 Å². The van der Waals surface area contributed by atoms with Crippen LogP contribution in [0, 0.1) is 5.92 Å². The molecule has 0 spiro atoms. The molecule has 5 nitrogen and oxygen atoms in total. The Morgan fingerprint density at radius 3 is 2.22 bits per heavy atom. The van der Waals surface area contributed by atoms with Gasteiger partial charge in [-0.2, -0.15) is 0 Å². The van der Waals surface area contributed by atoms with Crippen molar-refractivity contribution >= 4 is 11.9 Å². The van der Waals surface area contributed by atoms with Gasteiger partial charge in [0.2, 0.25) is 11.9 Å². The highest BCUT2D eigenvalue weighted by Gasteiger charge is 2.23. The van der Waals surface area contributed by atoms with E-state index in [0.29, 0.717) is 12.5 Å². The van der Waals surface area contributed by atoms with Crippen molar-refractivity contribution in [3.8, 4) is 0 Å². The normalized spacial score (nSPS) is 12.7. The van der Waals surface area contributed by atoms with Crippen LogP contribution in [-0.4, -0.2) is 15.5 Å². The van der Waals surface area contributed by atoms with E-state index >= 15 is 0 Å². The molecule has 1 unspecified atom stereocenters. The molecule has 0 aliphatic rings. The van der Waals surface area contributed by atoms with Gasteiger partial charge in [-0.25, -0.2) is 4.98 Å². The second-order valence-corrected chi connectivity index (χ2v) is 6.77. The zero-order valence-corrected chi connectivity index (χ0v) is 15.6. The molecule has 0 fully saturated rings. The highest BCUT2D eigenvalue weighted by atomic mass is 16.2. The molecular weight excluding hydrogens is 290 g/mol. The monoisotopic (exact) mass is 321 g/mol. The Balaban J connectivity index is 3.51. The predicted molar refractivity (Wildman–Crippen MR) is 95.1 cm³/mol. The minimum atomic E-state index is -0.154. The maximum atomic E-state index is 13.0. The summed E-state index contributed by atoms with van der Waals surface area (Å²) in [6.45, 7) is 14.3. The molecule has 0 aromatic carbocycles. The minimum Gasteiger partial charge on any atom is -0.296 e. The van der Waals surface area contributed by atoms with Gasteiger partial charge in [-0.15, -0.1) is 0 Å². The van der Waals surface area contributed by atoms with Crippen LogP contribution in [0.1, 0.15) is 84.4 Å². The Morgan fingerprint density at radius 2 is 1.78 bits per heavy atom. The summed E-state index contributed by atoms with van der Waals surface area (Å²) in [6.07, 6.45) is 1.98. The number of anilines is 1. The number of carbonyl (C=O) groups is 1. The molecule has 5 heteroatoms. The SMILES string of the molecule is CCCC(C)c1c(C(C)C)nc(NC(=O)C(C)C)n(CC)c1=O. The lowest BCUT2D eigenvalue weighted by Gasteiger charge is -2.21. The van der Waals surface area contributed by atoms with Gasteiger partial charge >= 0.3 is 0 Å². The van der Waals surface area contributed by atoms with Gasteiger partial charge in [0, 0.05) is 18.0 Å². The molecular formula is C18H31N3O2. The Hall–Kier alpha value is -1.65. The lowest BCUT2D eigenvalue weighted by atomic mass is 9.92. The number of nitrogens with zero attached hydrogens (tertiary/aromatic N) is 2. The molecule has 1 heterocycles. The van der Waals surface area contributed by atoms with Gasteiger partial charge in [0.1, 0.15) is 0 Å². The number of aromatic nitrogens is 2. The maximum absolute atomic E-state index is 13.0. The second kappa shape index (κ2) is 8.27. The van der Waals surface area contributed by atoms with Crippen LogP contribution in [0.4, 0.5) is 5.95 Å². The molecule has 1 aromatic rings. The smallest absolute Gasteiger partial charge is 0.258 e. The van der Waals surface area contributed by atoms with E-state index < -0.39 is 0 Å². The van der Waals surface area contributed by atoms with Gasteiger partial charge < -0.3 is 0 Å². The van der Waals surface area contributed by atoms with Gasteiger partial charge in [-0.05, 0) is 25.2 Å². The van der Waals surface area contributed by atoms with Crippen LogP contribution in [0.2, 0.25) is 0 Å². The Kier molecular flexibility index (Phi) is 6.98. The molecule has 130 valence electrons. The largest absolute Gasteiger partial charge is 0.296 e. The van der Waals surface area contributed by atoms with Crippen LogP contribution in [0.15, 0.2) is 4.79 Å². The van der Waals surface area contributed by atoms with Gasteiger partial charge in [-0.1, -0.05) is 48.0 Å². The average molecular weight is 321 g/mol. The molecule has 0 aliphatic carbocycles. The van der Waals surface area contributed by atoms with E-state index in [4.69, 9.17) is 0 Å². The summed E-state index contributed by atoms with van der Waals surface area (Å²) in [5.41, 5.74) is 1.58. The molecule has 0 saturated heterocycles. The molecule has 0 saturated carbocycles. The fraction of sp³-hybridized carbons (Fsp3) is 0.722. The van der Waals surface area contributed by atoms with E-state index in [1.807, 2.05) is 34.6 Å². The van der Waals surface area contributed by atoms with Crippen molar-refractivity contribution in [2.45, 2.75) is 79.7 Å². The van der Waals surface area contributed by atoms with E-state index in [9.17, 15) is 9.59 Å². The number of hydrogen-bond donors (Lipinski definition) is 1. The number of hydrogen-bond acceptors (Lipinski definition) is 3. The predicted octanol–water partition coefficient (Wildman–Crippen LogP) is 3.88. The molecule has 0 radical (unpaired) electrons. The third-order valence-corrected chi connectivity index (χ3v) is 4.07. The number of nitrogens with one attached hydrogen (secondary N) is 1. The van der Waals surface area contributed by atoms with Crippen molar-refractivity contribution < 1.29 is 4.79 Å². The standard InChI is InChI=1S/C18H31N3O2/c1-8-10-13(7)14-15(11(3)4)19-18(20-16(22)12(5)6)21(9-2)17(14)23/h11-13H,8-10H2,1-7H3,(H,19,20,22). The number of amides is 1. The van der Waals surface area contributed by atoms with Crippen molar-refractivity contribution in [2.24, 2.45) is 5.92 Å². The second-order valence-electron chi connectivity index (χ2n) is 6.77. The maximum Gasteiger partial charge on any atom is 0.258 e. The number of rotatable bonds is 7. The van der Waals surface area contributed by atoms with E-state index in [0.717, 1.165) is 24.1 Å².